The molecule has 0 saturated heterocycles. The Morgan fingerprint density at radius 2 is 1.74 bits per heavy atom. The number of halogens is 2. The zero-order valence-electron chi connectivity index (χ0n) is 14.0. The molecule has 0 fully saturated rings. The average Bonchev–Trinajstić information content (AvgIpc) is 2.69. The first-order valence-electron chi connectivity index (χ1n) is 7.96. The Morgan fingerprint density at radius 1 is 1.04 bits per heavy atom. The fourth-order valence-corrected chi connectivity index (χ4v) is 2.28. The van der Waals surface area contributed by atoms with Crippen molar-refractivity contribution < 1.29 is 23.1 Å². The summed E-state index contributed by atoms with van der Waals surface area (Å²) in [5.41, 5.74) is 1.19. The molecule has 27 heavy (non-hydrogen) atoms. The fourth-order valence-electron chi connectivity index (χ4n) is 2.28. The molecule has 1 aromatic heterocycles. The van der Waals surface area contributed by atoms with Crippen LogP contribution in [0.4, 0.5) is 8.78 Å². The quantitative estimate of drug-likeness (QED) is 0.670. The van der Waals surface area contributed by atoms with E-state index in [0.717, 1.165) is 24.1 Å². The van der Waals surface area contributed by atoms with Gasteiger partial charge in [0.15, 0.2) is 0 Å². The van der Waals surface area contributed by atoms with Crippen LogP contribution in [-0.4, -0.2) is 17.2 Å². The first-order valence-corrected chi connectivity index (χ1v) is 7.96. The molecule has 1 N–H and O–H groups in total. The number of hydrogen-bond donors (Lipinski definition) is 1. The first-order chi connectivity index (χ1) is 13.0. The molecule has 1 amide bonds. The minimum atomic E-state index is -0.693. The van der Waals surface area contributed by atoms with Gasteiger partial charge in [0, 0.05) is 12.1 Å². The van der Waals surface area contributed by atoms with Gasteiger partial charge in [-0.05, 0) is 35.9 Å². The molecule has 0 saturated carbocycles. The molecule has 0 aliphatic heterocycles. The molecule has 2 aromatic carbocycles. The predicted molar refractivity (Wildman–Crippen MR) is 93.7 cm³/mol. The zero-order valence-corrected chi connectivity index (χ0v) is 14.0. The normalized spacial score (nSPS) is 10.3. The highest BCUT2D eigenvalue weighted by Gasteiger charge is 2.16. The number of aromatic nitrogens is 1. The van der Waals surface area contributed by atoms with Crippen LogP contribution in [0.1, 0.15) is 26.3 Å². The number of carbonyl (C=O) groups excluding carboxylic acids is 2. The van der Waals surface area contributed by atoms with E-state index in [1.807, 2.05) is 0 Å². The van der Waals surface area contributed by atoms with Crippen molar-refractivity contribution in [2.75, 3.05) is 0 Å². The van der Waals surface area contributed by atoms with E-state index >= 15 is 0 Å². The second-order valence-corrected chi connectivity index (χ2v) is 5.60. The van der Waals surface area contributed by atoms with Crippen molar-refractivity contribution in [3.8, 4) is 11.6 Å². The molecule has 0 bridgehead atoms. The maximum Gasteiger partial charge on any atom is 0.257 e. The Balaban J connectivity index is 1.75. The molecule has 3 aromatic rings. The summed E-state index contributed by atoms with van der Waals surface area (Å²) in [5, 5.41) is 2.64. The number of pyridine rings is 1. The van der Waals surface area contributed by atoms with Crippen LogP contribution >= 0.6 is 0 Å². The lowest BCUT2D eigenvalue weighted by molar-refractivity contribution is 0.0947. The van der Waals surface area contributed by atoms with Gasteiger partial charge < -0.3 is 10.1 Å². The highest BCUT2D eigenvalue weighted by Crippen LogP contribution is 2.24. The van der Waals surface area contributed by atoms with E-state index in [4.69, 9.17) is 4.74 Å². The van der Waals surface area contributed by atoms with E-state index in [1.54, 1.807) is 24.3 Å². The summed E-state index contributed by atoms with van der Waals surface area (Å²) in [5.74, 6) is -1.56. The molecule has 0 atom stereocenters. The van der Waals surface area contributed by atoms with Crippen molar-refractivity contribution in [1.29, 1.82) is 0 Å². The molecule has 0 radical (unpaired) electrons. The highest BCUT2D eigenvalue weighted by atomic mass is 19.1. The second kappa shape index (κ2) is 8.18. The van der Waals surface area contributed by atoms with E-state index in [2.05, 4.69) is 10.3 Å². The van der Waals surface area contributed by atoms with Gasteiger partial charge in [0.2, 0.25) is 5.88 Å². The van der Waals surface area contributed by atoms with Crippen LogP contribution < -0.4 is 10.1 Å². The van der Waals surface area contributed by atoms with Crippen molar-refractivity contribution in [2.45, 2.75) is 6.54 Å². The summed E-state index contributed by atoms with van der Waals surface area (Å²) in [4.78, 5) is 26.9. The van der Waals surface area contributed by atoms with Gasteiger partial charge in [0.25, 0.3) is 5.91 Å². The second-order valence-electron chi connectivity index (χ2n) is 5.60. The van der Waals surface area contributed by atoms with Gasteiger partial charge >= 0.3 is 0 Å². The molecular weight excluding hydrogens is 354 g/mol. The monoisotopic (exact) mass is 368 g/mol. The van der Waals surface area contributed by atoms with Crippen molar-refractivity contribution in [2.24, 2.45) is 0 Å². The van der Waals surface area contributed by atoms with Crippen molar-refractivity contribution >= 4 is 12.2 Å². The molecule has 5 nitrogen and oxygen atoms in total. The van der Waals surface area contributed by atoms with Gasteiger partial charge in [-0.1, -0.05) is 24.3 Å². The van der Waals surface area contributed by atoms with Crippen LogP contribution in [0.25, 0.3) is 0 Å². The molecule has 1 heterocycles. The van der Waals surface area contributed by atoms with Gasteiger partial charge in [0.1, 0.15) is 29.2 Å². The predicted octanol–water partition coefficient (Wildman–Crippen LogP) is 3.89. The number of nitrogens with zero attached hydrogens (tertiary/aromatic N) is 1. The summed E-state index contributed by atoms with van der Waals surface area (Å²) < 4.78 is 32.0. The molecule has 3 rings (SSSR count). The van der Waals surface area contributed by atoms with E-state index in [-0.39, 0.29) is 23.7 Å². The number of rotatable bonds is 6. The van der Waals surface area contributed by atoms with E-state index in [1.165, 1.54) is 24.3 Å². The minimum absolute atomic E-state index is 0.0937. The smallest absolute Gasteiger partial charge is 0.257 e. The van der Waals surface area contributed by atoms with Gasteiger partial charge in [0.05, 0.1) is 6.20 Å². The molecule has 7 heteroatoms. The van der Waals surface area contributed by atoms with Crippen LogP contribution in [0.2, 0.25) is 0 Å². The van der Waals surface area contributed by atoms with Crippen molar-refractivity contribution in [3.63, 3.8) is 0 Å². The molecule has 0 spiro atoms. The lowest BCUT2D eigenvalue weighted by Crippen LogP contribution is -2.23. The number of aldehydes is 1. The Bertz CT molecular complexity index is 958. The Morgan fingerprint density at radius 3 is 2.41 bits per heavy atom. The van der Waals surface area contributed by atoms with Crippen LogP contribution in [0, 0.1) is 11.6 Å². The summed E-state index contributed by atoms with van der Waals surface area (Å²) in [7, 11) is 0. The topological polar surface area (TPSA) is 68.3 Å². The fraction of sp³-hybridized carbons (Fsp3) is 0.0500. The molecule has 0 unspecified atom stereocenters. The molecular formula is C20H14F2N2O3. The Hall–Kier alpha value is -3.61. The minimum Gasteiger partial charge on any atom is -0.438 e. The third-order valence-electron chi connectivity index (χ3n) is 3.66. The number of benzene rings is 2. The van der Waals surface area contributed by atoms with E-state index in [0.29, 0.717) is 5.56 Å². The van der Waals surface area contributed by atoms with Gasteiger partial charge in [-0.15, -0.1) is 0 Å². The molecule has 0 aliphatic rings. The lowest BCUT2D eigenvalue weighted by Gasteiger charge is -2.11. The Kier molecular flexibility index (Phi) is 5.51. The number of amides is 1. The van der Waals surface area contributed by atoms with E-state index < -0.39 is 17.5 Å². The van der Waals surface area contributed by atoms with Crippen LogP contribution in [0.5, 0.6) is 11.6 Å². The standard InChI is InChI=1S/C20H14F2N2O3/c21-15-5-7-17(8-6-15)27-20-18(9-16(22)11-24-20)19(26)23-10-13-1-3-14(12-25)4-2-13/h1-9,11-12H,10H2,(H,23,26). The maximum absolute atomic E-state index is 13.6. The zero-order chi connectivity index (χ0) is 19.2. The molecule has 136 valence electrons. The maximum atomic E-state index is 13.6. The van der Waals surface area contributed by atoms with Crippen LogP contribution in [0.15, 0.2) is 60.8 Å². The first kappa shape index (κ1) is 18.2. The van der Waals surface area contributed by atoms with Gasteiger partial charge in [-0.2, -0.15) is 0 Å². The summed E-state index contributed by atoms with van der Waals surface area (Å²) >= 11 is 0. The van der Waals surface area contributed by atoms with Gasteiger partial charge in [-0.25, -0.2) is 13.8 Å². The average molecular weight is 368 g/mol. The number of nitrogens with one attached hydrogen (secondary N) is 1. The Labute approximate surface area is 153 Å². The number of carbonyl (C=O) groups is 2. The van der Waals surface area contributed by atoms with Crippen molar-refractivity contribution in [3.05, 3.63) is 89.1 Å². The molecule has 0 aliphatic carbocycles. The number of hydrogen-bond acceptors (Lipinski definition) is 4. The van der Waals surface area contributed by atoms with Crippen molar-refractivity contribution in [1.82, 2.24) is 10.3 Å². The number of ether oxygens (including phenoxy) is 1. The van der Waals surface area contributed by atoms with Gasteiger partial charge in [-0.3, -0.25) is 9.59 Å². The van der Waals surface area contributed by atoms with E-state index in [9.17, 15) is 18.4 Å². The summed E-state index contributed by atoms with van der Waals surface area (Å²) in [6.07, 6.45) is 1.65. The summed E-state index contributed by atoms with van der Waals surface area (Å²) in [6, 6.07) is 12.8. The third-order valence-corrected chi connectivity index (χ3v) is 3.66. The highest BCUT2D eigenvalue weighted by molar-refractivity contribution is 5.96. The summed E-state index contributed by atoms with van der Waals surface area (Å²) in [6.45, 7) is 0.171. The SMILES string of the molecule is O=Cc1ccc(CNC(=O)c2cc(F)cnc2Oc2ccc(F)cc2)cc1. The van der Waals surface area contributed by atoms with Crippen LogP contribution in [-0.2, 0) is 6.54 Å². The lowest BCUT2D eigenvalue weighted by atomic mass is 10.1. The van der Waals surface area contributed by atoms with Crippen LogP contribution in [0.3, 0.4) is 0 Å². The third kappa shape index (κ3) is 4.72. The largest absolute Gasteiger partial charge is 0.438 e.